The van der Waals surface area contributed by atoms with Gasteiger partial charge in [0.15, 0.2) is 6.26 Å². The third-order valence-corrected chi connectivity index (χ3v) is 10.3. The second kappa shape index (κ2) is 35.6. The number of rotatable bonds is 34. The smallest absolute Gasteiger partial charge is 0.412 e. The number of allylic oxidation sites excluding steroid dienone is 13. The molecule has 1 rings (SSSR count). The molecule has 1 heterocycles. The molecule has 0 bridgehead atoms. The van der Waals surface area contributed by atoms with E-state index in [2.05, 4.69) is 91.8 Å². The molecule has 1 aliphatic rings. The summed E-state index contributed by atoms with van der Waals surface area (Å²) < 4.78 is 16.9. The summed E-state index contributed by atoms with van der Waals surface area (Å²) in [4.78, 5) is 23.2. The molecule has 0 amide bonds. The standard InChI is InChI=1S/C44H73NO5P/c1-3-5-7-9-11-13-15-17-19-20-21-22-23-24-26-28-30-32-34-36-44(46)50-43(37-41-51(47)45-38-40-49-51)42-48-39-35-33-31-29-27-25-18-16-14-12-10-8-6-4-2/h5,7,11,13,17,19,21-22,24,26,30,32,35,38-40,43,45,47H,3-4,6,8-10,12,14-16,18,20,23,25,27-29,31,33-34,36-37,41-42H2,1-2H3/q+1. The predicted molar refractivity (Wildman–Crippen MR) is 220 cm³/mol. The molecule has 0 saturated heterocycles. The van der Waals surface area contributed by atoms with Gasteiger partial charge in [-0.05, 0) is 63.9 Å². The van der Waals surface area contributed by atoms with Gasteiger partial charge in [0.05, 0.1) is 12.5 Å². The van der Waals surface area contributed by atoms with E-state index in [-0.39, 0.29) is 12.6 Å². The summed E-state index contributed by atoms with van der Waals surface area (Å²) in [6, 6.07) is 0. The van der Waals surface area contributed by atoms with Crippen molar-refractivity contribution in [1.29, 1.82) is 0 Å². The van der Waals surface area contributed by atoms with Crippen LogP contribution < -0.4 is 5.09 Å². The van der Waals surface area contributed by atoms with E-state index >= 15 is 0 Å². The maximum atomic E-state index is 12.6. The number of carbonyl (C=O) groups is 1. The lowest BCUT2D eigenvalue weighted by atomic mass is 10.0. The third-order valence-electron chi connectivity index (χ3n) is 8.44. The molecule has 2 atom stereocenters. The summed E-state index contributed by atoms with van der Waals surface area (Å²) >= 11 is 0. The average Bonchev–Trinajstić information content (AvgIpc) is 3.57. The Morgan fingerprint density at radius 2 is 1.20 bits per heavy atom. The Bertz CT molecular complexity index is 1050. The highest BCUT2D eigenvalue weighted by Crippen LogP contribution is 2.55. The second-order valence-corrected chi connectivity index (χ2v) is 15.5. The summed E-state index contributed by atoms with van der Waals surface area (Å²) in [6.07, 6.45) is 57.1. The van der Waals surface area contributed by atoms with Crippen LogP contribution in [-0.2, 0) is 18.8 Å². The lowest BCUT2D eigenvalue weighted by molar-refractivity contribution is -0.151. The lowest BCUT2D eigenvalue weighted by Crippen LogP contribution is -2.25. The topological polar surface area (TPSA) is 77.0 Å². The van der Waals surface area contributed by atoms with E-state index in [4.69, 9.17) is 14.0 Å². The van der Waals surface area contributed by atoms with Crippen molar-refractivity contribution in [3.05, 3.63) is 97.7 Å². The normalized spacial score (nSPS) is 17.0. The van der Waals surface area contributed by atoms with E-state index in [0.29, 0.717) is 25.4 Å². The minimum Gasteiger partial charge on any atom is -0.498 e. The van der Waals surface area contributed by atoms with Gasteiger partial charge in [-0.25, -0.2) is 5.09 Å². The third kappa shape index (κ3) is 31.6. The molecule has 2 N–H and O–H groups in total. The number of carbonyl (C=O) groups excluding carboxylic acids is 1. The zero-order chi connectivity index (χ0) is 36.8. The molecule has 0 aromatic heterocycles. The fourth-order valence-electron chi connectivity index (χ4n) is 5.41. The van der Waals surface area contributed by atoms with Crippen LogP contribution >= 0.6 is 7.87 Å². The van der Waals surface area contributed by atoms with Gasteiger partial charge in [-0.2, -0.15) is 4.89 Å². The Hall–Kier alpha value is -2.82. The first-order valence-electron chi connectivity index (χ1n) is 20.2. The predicted octanol–water partition coefficient (Wildman–Crippen LogP) is 13.2. The van der Waals surface area contributed by atoms with Crippen LogP contribution in [0.2, 0.25) is 0 Å². The van der Waals surface area contributed by atoms with Gasteiger partial charge in [0.1, 0.15) is 18.9 Å². The highest BCUT2D eigenvalue weighted by molar-refractivity contribution is 7.63. The summed E-state index contributed by atoms with van der Waals surface area (Å²) in [5, 5.41) is 2.90. The van der Waals surface area contributed by atoms with Crippen molar-refractivity contribution in [2.24, 2.45) is 0 Å². The van der Waals surface area contributed by atoms with Crippen LogP contribution in [0, 0.1) is 0 Å². The fraction of sp³-hybridized carbons (Fsp3) is 0.614. The van der Waals surface area contributed by atoms with Crippen LogP contribution in [0.4, 0.5) is 0 Å². The van der Waals surface area contributed by atoms with E-state index in [1.165, 1.54) is 76.9 Å². The molecule has 2 unspecified atom stereocenters. The largest absolute Gasteiger partial charge is 0.498 e. The summed E-state index contributed by atoms with van der Waals surface area (Å²) in [7, 11) is -2.71. The number of esters is 1. The Kier molecular flexibility index (Phi) is 32.2. The van der Waals surface area contributed by atoms with Gasteiger partial charge < -0.3 is 14.0 Å². The highest BCUT2D eigenvalue weighted by atomic mass is 31.2. The molecule has 6 nitrogen and oxygen atoms in total. The van der Waals surface area contributed by atoms with Crippen molar-refractivity contribution in [2.45, 2.75) is 161 Å². The number of unbranched alkanes of at least 4 members (excludes halogenated alkanes) is 12. The van der Waals surface area contributed by atoms with E-state index in [1.807, 2.05) is 6.08 Å². The average molecular weight is 727 g/mol. The maximum absolute atomic E-state index is 12.6. The highest BCUT2D eigenvalue weighted by Gasteiger charge is 2.41. The molecular formula is C44H73NO5P+. The van der Waals surface area contributed by atoms with Gasteiger partial charge in [-0.15, -0.1) is 0 Å². The zero-order valence-electron chi connectivity index (χ0n) is 32.3. The number of hydrogen-bond acceptors (Lipinski definition) is 6. The van der Waals surface area contributed by atoms with Crippen LogP contribution in [0.1, 0.15) is 155 Å². The van der Waals surface area contributed by atoms with Gasteiger partial charge in [-0.3, -0.25) is 4.79 Å². The molecule has 0 saturated carbocycles. The van der Waals surface area contributed by atoms with E-state index in [9.17, 15) is 9.69 Å². The second-order valence-electron chi connectivity index (χ2n) is 13.2. The SMILES string of the molecule is CCC=CCC=CCC=CCC=CCC=CCC=CCCC(=O)OC(CC[P+]1(O)NC=CO1)COC=CCCCCCCCCCCCCCC. The quantitative estimate of drug-likeness (QED) is 0.0226. The molecule has 51 heavy (non-hydrogen) atoms. The molecule has 7 heteroatoms. The van der Waals surface area contributed by atoms with Crippen LogP contribution in [0.5, 0.6) is 0 Å². The number of hydrogen-bond donors (Lipinski definition) is 2. The maximum Gasteiger partial charge on any atom is 0.412 e. The summed E-state index contributed by atoms with van der Waals surface area (Å²) in [5.74, 6) is -0.257. The molecule has 0 fully saturated rings. The zero-order valence-corrected chi connectivity index (χ0v) is 33.2. The van der Waals surface area contributed by atoms with Crippen molar-refractivity contribution in [3.63, 3.8) is 0 Å². The van der Waals surface area contributed by atoms with Crippen molar-refractivity contribution in [2.75, 3.05) is 12.8 Å². The Morgan fingerprint density at radius 3 is 1.71 bits per heavy atom. The Balaban J connectivity index is 2.20. The fourth-order valence-corrected chi connectivity index (χ4v) is 6.90. The first-order chi connectivity index (χ1) is 25.1. The molecule has 0 radical (unpaired) electrons. The number of ether oxygens (including phenoxy) is 2. The van der Waals surface area contributed by atoms with Crippen LogP contribution in [0.25, 0.3) is 0 Å². The van der Waals surface area contributed by atoms with E-state index < -0.39 is 14.0 Å². The van der Waals surface area contributed by atoms with Crippen molar-refractivity contribution in [3.8, 4) is 0 Å². The van der Waals surface area contributed by atoms with Crippen LogP contribution in [0.15, 0.2) is 97.7 Å². The minimum absolute atomic E-state index is 0.257. The summed E-state index contributed by atoms with van der Waals surface area (Å²) in [5.41, 5.74) is 0. The lowest BCUT2D eigenvalue weighted by Gasteiger charge is -2.19. The molecule has 288 valence electrons. The Labute approximate surface area is 313 Å². The molecular weight excluding hydrogens is 653 g/mol. The minimum atomic E-state index is -2.71. The Morgan fingerprint density at radius 1 is 0.686 bits per heavy atom. The van der Waals surface area contributed by atoms with Crippen molar-refractivity contribution < 1.29 is 23.7 Å². The van der Waals surface area contributed by atoms with Gasteiger partial charge in [0, 0.05) is 12.8 Å². The van der Waals surface area contributed by atoms with Crippen LogP contribution in [-0.4, -0.2) is 29.7 Å². The van der Waals surface area contributed by atoms with E-state index in [1.54, 1.807) is 12.5 Å². The molecule has 0 aromatic carbocycles. The van der Waals surface area contributed by atoms with Gasteiger partial charge in [-0.1, -0.05) is 157 Å². The summed E-state index contributed by atoms with van der Waals surface area (Å²) in [6.45, 7) is 4.68. The van der Waals surface area contributed by atoms with Gasteiger partial charge >= 0.3 is 13.8 Å². The first kappa shape index (κ1) is 46.2. The van der Waals surface area contributed by atoms with Crippen LogP contribution in [0.3, 0.4) is 0 Å². The van der Waals surface area contributed by atoms with Gasteiger partial charge in [0.25, 0.3) is 0 Å². The monoisotopic (exact) mass is 727 g/mol. The first-order valence-corrected chi connectivity index (χ1v) is 22.0. The van der Waals surface area contributed by atoms with Crippen molar-refractivity contribution >= 4 is 13.8 Å². The molecule has 0 aromatic rings. The molecule has 0 aliphatic carbocycles. The van der Waals surface area contributed by atoms with Gasteiger partial charge in [0.2, 0.25) is 0 Å². The number of nitrogens with one attached hydrogen (secondary N) is 1. The van der Waals surface area contributed by atoms with Crippen molar-refractivity contribution in [1.82, 2.24) is 5.09 Å². The molecule has 0 spiro atoms. The molecule has 1 aliphatic heterocycles. The van der Waals surface area contributed by atoms with E-state index in [0.717, 1.165) is 51.4 Å².